The first-order chi connectivity index (χ1) is 25.4. The maximum atomic E-state index is 14.5. The van der Waals surface area contributed by atoms with Gasteiger partial charge in [-0.25, -0.2) is 4.98 Å². The third-order valence-corrected chi connectivity index (χ3v) is 8.96. The molecule has 14 heteroatoms. The predicted molar refractivity (Wildman–Crippen MR) is 212 cm³/mol. The van der Waals surface area contributed by atoms with Crippen LogP contribution in [0, 0.1) is 6.92 Å². The fourth-order valence-electron chi connectivity index (χ4n) is 5.51. The summed E-state index contributed by atoms with van der Waals surface area (Å²) < 4.78 is 12.5. The number of pyridine rings is 1. The Morgan fingerprint density at radius 2 is 1.68 bits per heavy atom. The molecule has 0 fully saturated rings. The third-order valence-electron chi connectivity index (χ3n) is 8.21. The first kappa shape index (κ1) is 38.5. The van der Waals surface area contributed by atoms with E-state index in [0.29, 0.717) is 41.1 Å². The third kappa shape index (κ3) is 9.04. The van der Waals surface area contributed by atoms with E-state index < -0.39 is 5.56 Å². The molecule has 3 N–H and O–H groups in total. The van der Waals surface area contributed by atoms with Gasteiger partial charge in [-0.2, -0.15) is 4.98 Å². The van der Waals surface area contributed by atoms with Gasteiger partial charge in [0.2, 0.25) is 17.8 Å². The lowest BCUT2D eigenvalue weighted by Gasteiger charge is -2.18. The molecule has 12 nitrogen and oxygen atoms in total. The summed E-state index contributed by atoms with van der Waals surface area (Å²) in [4.78, 5) is 50.3. The highest BCUT2D eigenvalue weighted by Gasteiger charge is 2.23. The fourth-order valence-corrected chi connectivity index (χ4v) is 6.22. The molecule has 0 aliphatic heterocycles. The second kappa shape index (κ2) is 17.2. The van der Waals surface area contributed by atoms with E-state index in [1.54, 1.807) is 35.0 Å². The Bertz CT molecular complexity index is 2240. The lowest BCUT2D eigenvalue weighted by atomic mass is 10.0. The number of likely N-dealkylation sites (N-methyl/N-ethyl adjacent to an activating group) is 1. The Morgan fingerprint density at radius 1 is 0.981 bits per heavy atom. The number of nitrogens with zero attached hydrogens (tertiary/aromatic N) is 4. The largest absolute Gasteiger partial charge is 0.495 e. The molecule has 0 saturated carbocycles. The van der Waals surface area contributed by atoms with Gasteiger partial charge in [0.05, 0.1) is 41.2 Å². The van der Waals surface area contributed by atoms with Crippen LogP contribution in [0.1, 0.15) is 11.1 Å². The SMILES string of the molecule is C=CC(=O)Nc1cccc(C)c1Nc1ncc2cc(-c3c(Cl)c(OC)cc(OC)c3Cl)c(=O)n(CCc3ccc(NC(=O)/C=C/CN(C)C)cc3)c2n1. The fraction of sp³-hybridized carbons (Fsp3) is 0.205. The van der Waals surface area contributed by atoms with E-state index in [9.17, 15) is 14.4 Å². The van der Waals surface area contributed by atoms with Gasteiger partial charge in [-0.05, 0) is 68.9 Å². The van der Waals surface area contributed by atoms with Gasteiger partial charge >= 0.3 is 0 Å². The number of fused-ring (bicyclic) bond motifs is 1. The number of methoxy groups -OCH3 is 2. The molecule has 0 unspecified atom stereocenters. The second-order valence-corrected chi connectivity index (χ2v) is 12.9. The molecule has 2 aromatic heterocycles. The lowest BCUT2D eigenvalue weighted by molar-refractivity contribution is -0.112. The number of aromatic nitrogens is 3. The van der Waals surface area contributed by atoms with Crippen molar-refractivity contribution in [2.45, 2.75) is 19.9 Å². The molecule has 2 amide bonds. The zero-order valence-electron chi connectivity index (χ0n) is 29.9. The minimum atomic E-state index is -0.413. The van der Waals surface area contributed by atoms with Crippen molar-refractivity contribution < 1.29 is 19.1 Å². The molecule has 5 rings (SSSR count). The Labute approximate surface area is 317 Å². The summed E-state index contributed by atoms with van der Waals surface area (Å²) in [5.41, 5.74) is 3.83. The standard InChI is InChI=1S/C39H39Cl2N7O5/c1-7-31(49)44-28-11-8-10-23(2)36(28)45-39-42-22-25-20-27(33-34(40)29(52-5)21-30(53-6)35(33)41)38(51)48(37(25)46-39)19-17-24-13-15-26(16-14-24)43-32(50)12-9-18-47(3)4/h7-16,20-22H,1,17-19H2,2-6H3,(H,43,50)(H,44,49)(H,42,45,46)/b12-9+. The number of aryl methyl sites for hydroxylation is 3. The van der Waals surface area contributed by atoms with E-state index in [1.165, 1.54) is 26.4 Å². The molecule has 0 spiro atoms. The van der Waals surface area contributed by atoms with Gasteiger partial charge in [0.1, 0.15) is 17.1 Å². The molecule has 2 heterocycles. The smallest absolute Gasteiger partial charge is 0.260 e. The average Bonchev–Trinajstić information content (AvgIpc) is 3.13. The summed E-state index contributed by atoms with van der Waals surface area (Å²) in [6, 6.07) is 16.0. The van der Waals surface area contributed by atoms with E-state index in [1.807, 2.05) is 62.3 Å². The highest BCUT2D eigenvalue weighted by Crippen LogP contribution is 2.45. The summed E-state index contributed by atoms with van der Waals surface area (Å²) in [5.74, 6) is 0.148. The van der Waals surface area contributed by atoms with Crippen LogP contribution in [-0.2, 0) is 22.6 Å². The van der Waals surface area contributed by atoms with Gasteiger partial charge in [-0.1, -0.05) is 60.1 Å². The lowest BCUT2D eigenvalue weighted by Crippen LogP contribution is -2.24. The summed E-state index contributed by atoms with van der Waals surface area (Å²) >= 11 is 13.6. The van der Waals surface area contributed by atoms with Crippen molar-refractivity contribution in [3.63, 3.8) is 0 Å². The number of amides is 2. The van der Waals surface area contributed by atoms with E-state index >= 15 is 0 Å². The van der Waals surface area contributed by atoms with Crippen LogP contribution in [0.5, 0.6) is 11.5 Å². The van der Waals surface area contributed by atoms with Crippen LogP contribution in [0.3, 0.4) is 0 Å². The zero-order valence-corrected chi connectivity index (χ0v) is 31.4. The average molecular weight is 757 g/mol. The molecule has 3 aromatic carbocycles. The molecule has 0 radical (unpaired) electrons. The number of carbonyl (C=O) groups excluding carboxylic acids is 2. The minimum Gasteiger partial charge on any atom is -0.495 e. The molecule has 274 valence electrons. The van der Waals surface area contributed by atoms with Gasteiger partial charge in [0.25, 0.3) is 5.56 Å². The molecule has 0 saturated heterocycles. The molecular formula is C39H39Cl2N7O5. The van der Waals surface area contributed by atoms with E-state index in [4.69, 9.17) is 37.7 Å². The Hall–Kier alpha value is -5.69. The number of anilines is 4. The van der Waals surface area contributed by atoms with Gasteiger partial charge in [0.15, 0.2) is 0 Å². The number of rotatable bonds is 14. The van der Waals surface area contributed by atoms with Crippen LogP contribution in [0.4, 0.5) is 23.0 Å². The summed E-state index contributed by atoms with van der Waals surface area (Å²) in [7, 11) is 6.76. The van der Waals surface area contributed by atoms with Gasteiger partial charge < -0.3 is 30.3 Å². The Balaban J connectivity index is 1.57. The number of carbonyl (C=O) groups is 2. The van der Waals surface area contributed by atoms with Crippen molar-refractivity contribution in [2.24, 2.45) is 0 Å². The van der Waals surface area contributed by atoms with Crippen molar-refractivity contribution in [1.29, 1.82) is 0 Å². The number of benzene rings is 3. The highest BCUT2D eigenvalue weighted by atomic mass is 35.5. The summed E-state index contributed by atoms with van der Waals surface area (Å²) in [5, 5.41) is 9.68. The van der Waals surface area contributed by atoms with Crippen LogP contribution < -0.4 is 31.0 Å². The normalized spacial score (nSPS) is 11.2. The molecule has 53 heavy (non-hydrogen) atoms. The van der Waals surface area contributed by atoms with Crippen molar-refractivity contribution in [2.75, 3.05) is 50.8 Å². The van der Waals surface area contributed by atoms with Crippen molar-refractivity contribution in [3.8, 4) is 22.6 Å². The van der Waals surface area contributed by atoms with E-state index in [2.05, 4.69) is 27.5 Å². The molecular weight excluding hydrogens is 717 g/mol. The maximum absolute atomic E-state index is 14.5. The van der Waals surface area contributed by atoms with Gasteiger partial charge in [-0.3, -0.25) is 19.0 Å². The first-order valence-electron chi connectivity index (χ1n) is 16.5. The summed E-state index contributed by atoms with van der Waals surface area (Å²) in [6.45, 7) is 6.27. The number of nitrogens with one attached hydrogen (secondary N) is 3. The van der Waals surface area contributed by atoms with Gasteiger partial charge in [0, 0.05) is 48.1 Å². The first-order valence-corrected chi connectivity index (χ1v) is 17.2. The van der Waals surface area contributed by atoms with Crippen molar-refractivity contribution >= 4 is 69.1 Å². The van der Waals surface area contributed by atoms with Crippen LogP contribution in [0.2, 0.25) is 10.0 Å². The van der Waals surface area contributed by atoms with E-state index in [0.717, 1.165) is 11.1 Å². The van der Waals surface area contributed by atoms with Crippen LogP contribution in [-0.4, -0.2) is 66.1 Å². The Kier molecular flexibility index (Phi) is 12.5. The molecule has 0 aliphatic carbocycles. The number of ether oxygens (including phenoxy) is 2. The van der Waals surface area contributed by atoms with Gasteiger partial charge in [-0.15, -0.1) is 0 Å². The molecule has 0 bridgehead atoms. The van der Waals surface area contributed by atoms with E-state index in [-0.39, 0.29) is 57.0 Å². The van der Waals surface area contributed by atoms with Crippen LogP contribution >= 0.6 is 23.2 Å². The number of halogens is 2. The second-order valence-electron chi connectivity index (χ2n) is 12.2. The zero-order chi connectivity index (χ0) is 38.2. The predicted octanol–water partition coefficient (Wildman–Crippen LogP) is 7.26. The summed E-state index contributed by atoms with van der Waals surface area (Å²) in [6.07, 6.45) is 6.48. The monoisotopic (exact) mass is 755 g/mol. The minimum absolute atomic E-state index is 0.142. The Morgan fingerprint density at radius 3 is 2.32 bits per heavy atom. The van der Waals surface area contributed by atoms with Crippen molar-refractivity contribution in [3.05, 3.63) is 117 Å². The van der Waals surface area contributed by atoms with Crippen molar-refractivity contribution in [1.82, 2.24) is 19.4 Å². The molecule has 0 atom stereocenters. The quantitative estimate of drug-likeness (QED) is 0.100. The molecule has 5 aromatic rings. The number of hydrogen-bond donors (Lipinski definition) is 3. The highest BCUT2D eigenvalue weighted by molar-refractivity contribution is 6.41. The number of hydrogen-bond acceptors (Lipinski definition) is 9. The molecule has 0 aliphatic rings. The number of para-hydroxylation sites is 1. The topological polar surface area (TPSA) is 140 Å². The maximum Gasteiger partial charge on any atom is 0.260 e. The van der Waals surface area contributed by atoms with Crippen LogP contribution in [0.15, 0.2) is 90.4 Å². The van der Waals surface area contributed by atoms with Crippen LogP contribution in [0.25, 0.3) is 22.2 Å².